The van der Waals surface area contributed by atoms with Crippen molar-refractivity contribution < 1.29 is 4.79 Å². The summed E-state index contributed by atoms with van der Waals surface area (Å²) in [6.45, 7) is 0. The zero-order valence-electron chi connectivity index (χ0n) is 12.5. The van der Waals surface area contributed by atoms with Crippen molar-refractivity contribution in [3.63, 3.8) is 0 Å². The Balaban J connectivity index is 1.86. The van der Waals surface area contributed by atoms with Gasteiger partial charge in [-0.1, -0.05) is 24.3 Å². The van der Waals surface area contributed by atoms with E-state index in [1.807, 2.05) is 49.5 Å². The number of nitrogens with zero attached hydrogens (tertiary/aromatic N) is 3. The number of aryl methyl sites for hydroxylation is 1. The van der Waals surface area contributed by atoms with E-state index in [4.69, 9.17) is 0 Å². The van der Waals surface area contributed by atoms with E-state index in [2.05, 4.69) is 47.3 Å². The van der Waals surface area contributed by atoms with Gasteiger partial charge in [0.1, 0.15) is 0 Å². The van der Waals surface area contributed by atoms with E-state index in [1.54, 1.807) is 10.7 Å². The molecule has 1 heterocycles. The highest BCUT2D eigenvalue weighted by molar-refractivity contribution is 9.10. The number of nitrogens with one attached hydrogen (secondary N) is 1. The Morgan fingerprint density at radius 2 is 1.83 bits per heavy atom. The number of hydrogen-bond acceptors (Lipinski definition) is 4. The van der Waals surface area contributed by atoms with Crippen LogP contribution in [-0.2, 0) is 7.05 Å². The van der Waals surface area contributed by atoms with Gasteiger partial charge >= 0.3 is 0 Å². The van der Waals surface area contributed by atoms with Crippen molar-refractivity contribution in [1.29, 1.82) is 0 Å². The second-order valence-electron chi connectivity index (χ2n) is 4.82. The van der Waals surface area contributed by atoms with Gasteiger partial charge < -0.3 is 5.32 Å². The highest BCUT2D eigenvalue weighted by Crippen LogP contribution is 2.33. The maximum atomic E-state index is 12.5. The average molecular weight is 468 g/mol. The van der Waals surface area contributed by atoms with Gasteiger partial charge in [-0.15, -0.1) is 5.10 Å². The number of carbonyl (C=O) groups excluding carboxylic acids is 1. The zero-order chi connectivity index (χ0) is 17.1. The summed E-state index contributed by atoms with van der Waals surface area (Å²) in [4.78, 5) is 17.7. The van der Waals surface area contributed by atoms with Crippen molar-refractivity contribution in [1.82, 2.24) is 14.8 Å². The molecule has 24 heavy (non-hydrogen) atoms. The summed E-state index contributed by atoms with van der Waals surface area (Å²) in [6, 6.07) is 14.9. The molecule has 122 valence electrons. The second kappa shape index (κ2) is 7.50. The third-order valence-corrected chi connectivity index (χ3v) is 5.29. The van der Waals surface area contributed by atoms with Crippen LogP contribution in [0.1, 0.15) is 10.4 Å². The van der Waals surface area contributed by atoms with Crippen LogP contribution >= 0.6 is 43.6 Å². The highest BCUT2D eigenvalue weighted by Gasteiger charge is 2.14. The van der Waals surface area contributed by atoms with Crippen molar-refractivity contribution in [2.24, 2.45) is 7.05 Å². The SMILES string of the molecule is Cn1nc(Br)nc1Sc1ccccc1NC(=O)c1ccccc1Br. The smallest absolute Gasteiger partial charge is 0.256 e. The molecule has 0 spiro atoms. The van der Waals surface area contributed by atoms with Gasteiger partial charge in [0.05, 0.1) is 11.3 Å². The van der Waals surface area contributed by atoms with Crippen LogP contribution in [0.2, 0.25) is 0 Å². The molecule has 0 aliphatic rings. The van der Waals surface area contributed by atoms with Crippen molar-refractivity contribution in [2.45, 2.75) is 10.1 Å². The molecule has 0 fully saturated rings. The van der Waals surface area contributed by atoms with E-state index in [0.717, 1.165) is 20.2 Å². The molecule has 0 saturated carbocycles. The van der Waals surface area contributed by atoms with Crippen LogP contribution in [0.4, 0.5) is 5.69 Å². The summed E-state index contributed by atoms with van der Waals surface area (Å²) < 4.78 is 2.97. The number of benzene rings is 2. The molecule has 0 saturated heterocycles. The Kier molecular flexibility index (Phi) is 5.37. The molecule has 0 atom stereocenters. The van der Waals surface area contributed by atoms with E-state index >= 15 is 0 Å². The van der Waals surface area contributed by atoms with Crippen LogP contribution in [0.15, 0.2) is 67.8 Å². The zero-order valence-corrected chi connectivity index (χ0v) is 16.5. The van der Waals surface area contributed by atoms with Crippen LogP contribution < -0.4 is 5.32 Å². The summed E-state index contributed by atoms with van der Waals surface area (Å²) in [5.74, 6) is -0.172. The lowest BCUT2D eigenvalue weighted by Gasteiger charge is -2.11. The first kappa shape index (κ1) is 17.2. The van der Waals surface area contributed by atoms with Crippen molar-refractivity contribution in [3.8, 4) is 0 Å². The van der Waals surface area contributed by atoms with Gasteiger partial charge in [-0.05, 0) is 67.9 Å². The number of anilines is 1. The first-order chi connectivity index (χ1) is 11.5. The Labute approximate surface area is 160 Å². The van der Waals surface area contributed by atoms with Crippen LogP contribution in [0, 0.1) is 0 Å². The van der Waals surface area contributed by atoms with Gasteiger partial charge in [0.25, 0.3) is 5.91 Å². The van der Waals surface area contributed by atoms with E-state index < -0.39 is 0 Å². The predicted molar refractivity (Wildman–Crippen MR) is 101 cm³/mol. The standard InChI is InChI=1S/C16H12Br2N4OS/c1-22-16(20-15(18)21-22)24-13-9-5-4-8-12(13)19-14(23)10-6-2-3-7-11(10)17/h2-9H,1H3,(H,19,23). The number of amides is 1. The predicted octanol–water partition coefficient (Wildman–Crippen LogP) is 4.74. The van der Waals surface area contributed by atoms with Crippen molar-refractivity contribution in [2.75, 3.05) is 5.32 Å². The van der Waals surface area contributed by atoms with Crippen LogP contribution in [-0.4, -0.2) is 20.7 Å². The van der Waals surface area contributed by atoms with Crippen molar-refractivity contribution >= 4 is 55.2 Å². The summed E-state index contributed by atoms with van der Waals surface area (Å²) >= 11 is 8.10. The minimum absolute atomic E-state index is 0.172. The molecule has 1 N–H and O–H groups in total. The Bertz CT molecular complexity index is 897. The van der Waals surface area contributed by atoms with Gasteiger partial charge in [0, 0.05) is 16.4 Å². The Morgan fingerprint density at radius 3 is 2.54 bits per heavy atom. The minimum atomic E-state index is -0.172. The number of hydrogen-bond donors (Lipinski definition) is 1. The van der Waals surface area contributed by atoms with Gasteiger partial charge in [-0.25, -0.2) is 4.68 Å². The number of carbonyl (C=O) groups is 1. The molecule has 0 radical (unpaired) electrons. The quantitative estimate of drug-likeness (QED) is 0.601. The summed E-state index contributed by atoms with van der Waals surface area (Å²) in [5.41, 5.74) is 1.31. The molecular weight excluding hydrogens is 456 g/mol. The van der Waals surface area contributed by atoms with Gasteiger partial charge in [-0.3, -0.25) is 4.79 Å². The van der Waals surface area contributed by atoms with Gasteiger partial charge in [0.15, 0.2) is 5.16 Å². The Hall–Kier alpha value is -1.64. The molecule has 3 rings (SSSR count). The number of rotatable bonds is 4. The largest absolute Gasteiger partial charge is 0.321 e. The summed E-state index contributed by atoms with van der Waals surface area (Å²) in [5, 5.41) is 7.85. The fourth-order valence-electron chi connectivity index (χ4n) is 2.02. The maximum absolute atomic E-state index is 12.5. The number of aromatic nitrogens is 3. The lowest BCUT2D eigenvalue weighted by molar-refractivity contribution is 0.102. The molecule has 0 aliphatic heterocycles. The molecule has 0 bridgehead atoms. The molecule has 1 aromatic heterocycles. The first-order valence-electron chi connectivity index (χ1n) is 6.94. The third kappa shape index (κ3) is 3.88. The lowest BCUT2D eigenvalue weighted by Crippen LogP contribution is -2.13. The second-order valence-corrected chi connectivity index (χ2v) is 7.39. The molecule has 5 nitrogen and oxygen atoms in total. The molecule has 3 aromatic rings. The summed E-state index contributed by atoms with van der Waals surface area (Å²) in [6.07, 6.45) is 0. The first-order valence-corrected chi connectivity index (χ1v) is 9.34. The summed E-state index contributed by atoms with van der Waals surface area (Å²) in [7, 11) is 1.82. The molecular formula is C16H12Br2N4OS. The van der Waals surface area contributed by atoms with Gasteiger partial charge in [0.2, 0.25) is 4.73 Å². The van der Waals surface area contributed by atoms with Crippen molar-refractivity contribution in [3.05, 3.63) is 63.3 Å². The van der Waals surface area contributed by atoms with E-state index in [9.17, 15) is 4.79 Å². The van der Waals surface area contributed by atoms with Gasteiger partial charge in [-0.2, -0.15) is 4.98 Å². The van der Waals surface area contributed by atoms with Crippen LogP contribution in [0.3, 0.4) is 0 Å². The van der Waals surface area contributed by atoms with E-state index in [1.165, 1.54) is 11.8 Å². The molecule has 1 amide bonds. The molecule has 8 heteroatoms. The topological polar surface area (TPSA) is 59.8 Å². The molecule has 0 unspecified atom stereocenters. The maximum Gasteiger partial charge on any atom is 0.256 e. The third-order valence-electron chi connectivity index (χ3n) is 3.15. The number of halogens is 2. The van der Waals surface area contributed by atoms with E-state index in [0.29, 0.717) is 10.3 Å². The fraction of sp³-hybridized carbons (Fsp3) is 0.0625. The monoisotopic (exact) mass is 466 g/mol. The Morgan fingerprint density at radius 1 is 1.12 bits per heavy atom. The minimum Gasteiger partial charge on any atom is -0.321 e. The molecule has 2 aromatic carbocycles. The lowest BCUT2D eigenvalue weighted by atomic mass is 10.2. The fourth-order valence-corrected chi connectivity index (χ4v) is 3.89. The van der Waals surface area contributed by atoms with Crippen LogP contribution in [0.25, 0.3) is 0 Å². The highest BCUT2D eigenvalue weighted by atomic mass is 79.9. The number of para-hydroxylation sites is 1. The molecule has 0 aliphatic carbocycles. The van der Waals surface area contributed by atoms with Crippen LogP contribution in [0.5, 0.6) is 0 Å². The van der Waals surface area contributed by atoms with E-state index in [-0.39, 0.29) is 5.91 Å². The normalized spacial score (nSPS) is 10.6. The average Bonchev–Trinajstić information content (AvgIpc) is 2.87.